The van der Waals surface area contributed by atoms with Crippen molar-refractivity contribution in [3.8, 4) is 0 Å². The quantitative estimate of drug-likeness (QED) is 0.403. The molecule has 0 saturated carbocycles. The maximum Gasteiger partial charge on any atom is 0.111 e. The smallest absolute Gasteiger partial charge is 0.111 e. The molecule has 0 rings (SSSR count). The molecule has 78 valence electrons. The average Bonchev–Trinajstić information content (AvgIpc) is 2.17. The van der Waals surface area contributed by atoms with Crippen molar-refractivity contribution in [1.29, 1.82) is 0 Å². The fraction of sp³-hybridized carbons (Fsp3) is 0.800. The number of rotatable bonds is 9. The summed E-state index contributed by atoms with van der Waals surface area (Å²) in [4.78, 5) is 2.33. The van der Waals surface area contributed by atoms with Crippen LogP contribution in [0.3, 0.4) is 0 Å². The Morgan fingerprint density at radius 3 is 2.38 bits per heavy atom. The van der Waals surface area contributed by atoms with Crippen LogP contribution in [0, 0.1) is 0 Å². The van der Waals surface area contributed by atoms with Gasteiger partial charge in [-0.05, 0) is 13.1 Å². The Morgan fingerprint density at radius 2 is 1.85 bits per heavy atom. The van der Waals surface area contributed by atoms with E-state index in [9.17, 15) is 0 Å². The summed E-state index contributed by atoms with van der Waals surface area (Å²) in [6.07, 6.45) is 1.44. The summed E-state index contributed by atoms with van der Waals surface area (Å²) in [5.74, 6) is 0. The van der Waals surface area contributed by atoms with E-state index in [1.165, 1.54) is 6.26 Å². The standard InChI is InChI=1S/C10H21NO2/c1-4-11(5-2)7-8-13-10-9-12-6-3/h6H,3-5,7-10H2,1-2H3. The number of ether oxygens (including phenoxy) is 2. The lowest BCUT2D eigenvalue weighted by Gasteiger charge is -2.17. The normalized spacial score (nSPS) is 10.4. The molecule has 0 atom stereocenters. The summed E-state index contributed by atoms with van der Waals surface area (Å²) in [7, 11) is 0. The van der Waals surface area contributed by atoms with Gasteiger partial charge in [-0.3, -0.25) is 0 Å². The average molecular weight is 187 g/mol. The second-order valence-electron chi connectivity index (χ2n) is 2.68. The zero-order valence-electron chi connectivity index (χ0n) is 8.79. The van der Waals surface area contributed by atoms with Gasteiger partial charge in [0.2, 0.25) is 0 Å². The van der Waals surface area contributed by atoms with Crippen molar-refractivity contribution in [3.63, 3.8) is 0 Å². The van der Waals surface area contributed by atoms with E-state index >= 15 is 0 Å². The third kappa shape index (κ3) is 7.81. The van der Waals surface area contributed by atoms with Crippen molar-refractivity contribution in [1.82, 2.24) is 4.90 Å². The molecule has 0 fully saturated rings. The third-order valence-corrected chi connectivity index (χ3v) is 1.91. The molecule has 0 aliphatic rings. The van der Waals surface area contributed by atoms with Gasteiger partial charge in [0.15, 0.2) is 0 Å². The third-order valence-electron chi connectivity index (χ3n) is 1.91. The molecule has 0 aliphatic heterocycles. The van der Waals surface area contributed by atoms with Gasteiger partial charge in [0, 0.05) is 6.54 Å². The predicted molar refractivity (Wildman–Crippen MR) is 54.8 cm³/mol. The Hall–Kier alpha value is -0.540. The molecule has 3 heteroatoms. The van der Waals surface area contributed by atoms with E-state index in [4.69, 9.17) is 9.47 Å². The molecular formula is C10H21NO2. The summed E-state index contributed by atoms with van der Waals surface area (Å²) in [5.41, 5.74) is 0. The molecule has 0 amide bonds. The van der Waals surface area contributed by atoms with Crippen LogP contribution in [0.1, 0.15) is 13.8 Å². The van der Waals surface area contributed by atoms with E-state index < -0.39 is 0 Å². The molecule has 0 bridgehead atoms. The van der Waals surface area contributed by atoms with Crippen LogP contribution in [-0.2, 0) is 9.47 Å². The summed E-state index contributed by atoms with van der Waals surface area (Å²) >= 11 is 0. The van der Waals surface area contributed by atoms with Gasteiger partial charge >= 0.3 is 0 Å². The van der Waals surface area contributed by atoms with Gasteiger partial charge in [-0.1, -0.05) is 20.4 Å². The van der Waals surface area contributed by atoms with Crippen LogP contribution in [0.4, 0.5) is 0 Å². The minimum Gasteiger partial charge on any atom is -0.499 e. The molecule has 0 saturated heterocycles. The lowest BCUT2D eigenvalue weighted by molar-refractivity contribution is 0.0702. The van der Waals surface area contributed by atoms with E-state index in [1.807, 2.05) is 0 Å². The highest BCUT2D eigenvalue weighted by Crippen LogP contribution is 1.87. The van der Waals surface area contributed by atoms with Crippen LogP contribution in [0.5, 0.6) is 0 Å². The van der Waals surface area contributed by atoms with Crippen molar-refractivity contribution < 1.29 is 9.47 Å². The Bertz CT molecular complexity index is 113. The molecular weight excluding hydrogens is 166 g/mol. The van der Waals surface area contributed by atoms with Crippen LogP contribution >= 0.6 is 0 Å². The summed E-state index contributed by atoms with van der Waals surface area (Å²) in [6.45, 7) is 13.0. The second kappa shape index (κ2) is 9.55. The predicted octanol–water partition coefficient (Wildman–Crippen LogP) is 1.50. The molecule has 0 aliphatic carbocycles. The first-order chi connectivity index (χ1) is 6.35. The lowest BCUT2D eigenvalue weighted by Crippen LogP contribution is -2.27. The topological polar surface area (TPSA) is 21.7 Å². The zero-order valence-corrected chi connectivity index (χ0v) is 8.79. The van der Waals surface area contributed by atoms with Gasteiger partial charge < -0.3 is 14.4 Å². The van der Waals surface area contributed by atoms with Gasteiger partial charge in [-0.2, -0.15) is 0 Å². The lowest BCUT2D eigenvalue weighted by atomic mass is 10.5. The molecule has 0 aromatic rings. The van der Waals surface area contributed by atoms with Gasteiger partial charge in [0.25, 0.3) is 0 Å². The molecule has 3 nitrogen and oxygen atoms in total. The molecule has 0 aromatic carbocycles. The number of hydrogen-bond acceptors (Lipinski definition) is 3. The fourth-order valence-electron chi connectivity index (χ4n) is 1.03. The second-order valence-corrected chi connectivity index (χ2v) is 2.68. The van der Waals surface area contributed by atoms with Crippen molar-refractivity contribution >= 4 is 0 Å². The zero-order chi connectivity index (χ0) is 9.94. The first kappa shape index (κ1) is 12.5. The Kier molecular flexibility index (Phi) is 9.15. The van der Waals surface area contributed by atoms with E-state index in [1.54, 1.807) is 0 Å². The van der Waals surface area contributed by atoms with Crippen LogP contribution in [0.15, 0.2) is 12.8 Å². The Balaban J connectivity index is 3.09. The Morgan fingerprint density at radius 1 is 1.15 bits per heavy atom. The molecule has 13 heavy (non-hydrogen) atoms. The summed E-state index contributed by atoms with van der Waals surface area (Å²) < 4.78 is 10.3. The number of likely N-dealkylation sites (N-methyl/N-ethyl adjacent to an activating group) is 1. The van der Waals surface area contributed by atoms with Gasteiger partial charge in [-0.25, -0.2) is 0 Å². The molecule has 0 N–H and O–H groups in total. The maximum absolute atomic E-state index is 5.36. The monoisotopic (exact) mass is 187 g/mol. The number of hydrogen-bond donors (Lipinski definition) is 0. The van der Waals surface area contributed by atoms with Crippen molar-refractivity contribution in [2.24, 2.45) is 0 Å². The maximum atomic E-state index is 5.36. The van der Waals surface area contributed by atoms with Crippen molar-refractivity contribution in [2.45, 2.75) is 13.8 Å². The van der Waals surface area contributed by atoms with E-state index in [0.29, 0.717) is 13.2 Å². The molecule has 0 unspecified atom stereocenters. The van der Waals surface area contributed by atoms with E-state index in [-0.39, 0.29) is 0 Å². The minimum absolute atomic E-state index is 0.599. The highest BCUT2D eigenvalue weighted by molar-refractivity contribution is 4.51. The highest BCUT2D eigenvalue weighted by Gasteiger charge is 1.97. The van der Waals surface area contributed by atoms with Gasteiger partial charge in [0.1, 0.15) is 6.61 Å². The fourth-order valence-corrected chi connectivity index (χ4v) is 1.03. The molecule has 0 radical (unpaired) electrons. The highest BCUT2D eigenvalue weighted by atomic mass is 16.5. The first-order valence-electron chi connectivity index (χ1n) is 4.87. The largest absolute Gasteiger partial charge is 0.499 e. The SMILES string of the molecule is C=COCCOCCN(CC)CC. The van der Waals surface area contributed by atoms with Gasteiger partial charge in [-0.15, -0.1) is 0 Å². The number of nitrogens with zero attached hydrogens (tertiary/aromatic N) is 1. The van der Waals surface area contributed by atoms with Crippen molar-refractivity contribution in [3.05, 3.63) is 12.8 Å². The van der Waals surface area contributed by atoms with E-state index in [0.717, 1.165) is 26.2 Å². The van der Waals surface area contributed by atoms with E-state index in [2.05, 4.69) is 25.3 Å². The van der Waals surface area contributed by atoms with Crippen LogP contribution in [0.2, 0.25) is 0 Å². The van der Waals surface area contributed by atoms with Crippen LogP contribution in [-0.4, -0.2) is 44.4 Å². The first-order valence-corrected chi connectivity index (χ1v) is 4.87. The molecule has 0 spiro atoms. The Labute approximate surface area is 81.3 Å². The molecule has 0 heterocycles. The summed E-state index contributed by atoms with van der Waals surface area (Å²) in [5, 5.41) is 0. The molecule has 0 aromatic heterocycles. The van der Waals surface area contributed by atoms with Crippen molar-refractivity contribution in [2.75, 3.05) is 39.5 Å². The summed E-state index contributed by atoms with van der Waals surface area (Å²) in [6, 6.07) is 0. The van der Waals surface area contributed by atoms with Crippen LogP contribution in [0.25, 0.3) is 0 Å². The van der Waals surface area contributed by atoms with Crippen LogP contribution < -0.4 is 0 Å². The van der Waals surface area contributed by atoms with Gasteiger partial charge in [0.05, 0.1) is 19.5 Å². The minimum atomic E-state index is 0.599.